The van der Waals surface area contributed by atoms with Crippen molar-refractivity contribution < 1.29 is 19.8 Å². The van der Waals surface area contributed by atoms with Gasteiger partial charge in [0.15, 0.2) is 6.04 Å². The zero-order chi connectivity index (χ0) is 14.0. The maximum atomic E-state index is 11.3. The van der Waals surface area contributed by atoms with E-state index in [1.165, 1.54) is 0 Å². The lowest BCUT2D eigenvalue weighted by molar-refractivity contribution is -0.140. The van der Waals surface area contributed by atoms with Gasteiger partial charge in [0.05, 0.1) is 6.61 Å². The summed E-state index contributed by atoms with van der Waals surface area (Å²) >= 11 is 0. The van der Waals surface area contributed by atoms with Crippen LogP contribution in [0.3, 0.4) is 0 Å². The Bertz CT molecular complexity index is 257. The molecule has 0 heterocycles. The highest BCUT2D eigenvalue weighted by Crippen LogP contribution is 1.89. The zero-order valence-electron chi connectivity index (χ0n) is 11.0. The van der Waals surface area contributed by atoms with E-state index in [0.717, 1.165) is 26.1 Å². The third-order valence-corrected chi connectivity index (χ3v) is 2.62. The maximum Gasteiger partial charge on any atom is 0.328 e. The van der Waals surface area contributed by atoms with Crippen LogP contribution in [0.25, 0.3) is 0 Å². The van der Waals surface area contributed by atoms with Crippen LogP contribution < -0.4 is 10.6 Å². The first-order valence-corrected chi connectivity index (χ1v) is 6.15. The van der Waals surface area contributed by atoms with E-state index in [2.05, 4.69) is 29.4 Å². The van der Waals surface area contributed by atoms with Crippen molar-refractivity contribution in [1.82, 2.24) is 15.5 Å². The number of urea groups is 1. The Balaban J connectivity index is 3.74. The Kier molecular flexibility index (Phi) is 8.95. The summed E-state index contributed by atoms with van der Waals surface area (Å²) < 4.78 is 0. The van der Waals surface area contributed by atoms with Crippen LogP contribution in [-0.4, -0.2) is 65.9 Å². The molecule has 0 aromatic heterocycles. The number of amides is 2. The van der Waals surface area contributed by atoms with E-state index in [1.807, 2.05) is 0 Å². The molecule has 0 rings (SSSR count). The predicted octanol–water partition coefficient (Wildman–Crippen LogP) is -0.537. The number of carbonyl (C=O) groups excluding carboxylic acids is 1. The van der Waals surface area contributed by atoms with E-state index >= 15 is 0 Å². The highest BCUT2D eigenvalue weighted by atomic mass is 16.4. The van der Waals surface area contributed by atoms with Gasteiger partial charge in [0.2, 0.25) is 0 Å². The summed E-state index contributed by atoms with van der Waals surface area (Å²) in [7, 11) is 0. The minimum Gasteiger partial charge on any atom is -0.480 e. The van der Waals surface area contributed by atoms with E-state index in [0.29, 0.717) is 6.54 Å². The third-order valence-electron chi connectivity index (χ3n) is 2.62. The van der Waals surface area contributed by atoms with Gasteiger partial charge in [-0.05, 0) is 26.1 Å². The second-order valence-corrected chi connectivity index (χ2v) is 3.85. The number of nitrogens with zero attached hydrogens (tertiary/aromatic N) is 1. The first kappa shape index (κ1) is 16.7. The number of aliphatic carboxylic acids is 1. The average molecular weight is 261 g/mol. The average Bonchev–Trinajstić information content (AvgIpc) is 2.35. The second-order valence-electron chi connectivity index (χ2n) is 3.85. The fourth-order valence-corrected chi connectivity index (χ4v) is 1.44. The van der Waals surface area contributed by atoms with Crippen molar-refractivity contribution in [3.63, 3.8) is 0 Å². The molecule has 0 aliphatic heterocycles. The van der Waals surface area contributed by atoms with E-state index in [9.17, 15) is 9.59 Å². The number of carbonyl (C=O) groups is 2. The summed E-state index contributed by atoms with van der Waals surface area (Å²) in [5.41, 5.74) is 0. The van der Waals surface area contributed by atoms with E-state index in [-0.39, 0.29) is 0 Å². The lowest BCUT2D eigenvalue weighted by Gasteiger charge is -2.18. The van der Waals surface area contributed by atoms with Crippen molar-refractivity contribution in [2.45, 2.75) is 26.3 Å². The van der Waals surface area contributed by atoms with Gasteiger partial charge >= 0.3 is 12.0 Å². The van der Waals surface area contributed by atoms with Gasteiger partial charge in [-0.15, -0.1) is 0 Å². The highest BCUT2D eigenvalue weighted by Gasteiger charge is 2.17. The third kappa shape index (κ3) is 7.08. The second kappa shape index (κ2) is 9.67. The molecule has 0 saturated heterocycles. The fourth-order valence-electron chi connectivity index (χ4n) is 1.44. The summed E-state index contributed by atoms with van der Waals surface area (Å²) in [6.45, 7) is 6.81. The molecule has 4 N–H and O–H groups in total. The summed E-state index contributed by atoms with van der Waals surface area (Å²) in [6, 6.07) is -1.83. The van der Waals surface area contributed by atoms with Crippen LogP contribution in [0.15, 0.2) is 0 Å². The monoisotopic (exact) mass is 261 g/mol. The van der Waals surface area contributed by atoms with Crippen LogP contribution in [0.4, 0.5) is 4.79 Å². The molecule has 0 unspecified atom stereocenters. The molecule has 1 atom stereocenters. The quantitative estimate of drug-likeness (QED) is 0.418. The van der Waals surface area contributed by atoms with Gasteiger partial charge in [0, 0.05) is 6.54 Å². The maximum absolute atomic E-state index is 11.3. The van der Waals surface area contributed by atoms with Crippen LogP contribution in [-0.2, 0) is 4.79 Å². The van der Waals surface area contributed by atoms with Crippen molar-refractivity contribution in [2.24, 2.45) is 0 Å². The Morgan fingerprint density at radius 1 is 1.28 bits per heavy atom. The van der Waals surface area contributed by atoms with Crippen molar-refractivity contribution >= 4 is 12.0 Å². The van der Waals surface area contributed by atoms with Crippen LogP contribution in [0, 0.1) is 0 Å². The van der Waals surface area contributed by atoms with Gasteiger partial charge in [0.25, 0.3) is 0 Å². The standard InChI is InChI=1S/C11H23N3O4/c1-3-14(4-2)7-5-6-12-11(18)13-9(8-15)10(16)17/h9,15H,3-8H2,1-2H3,(H,16,17)(H2,12,13,18)/t9-/m1/s1. The Morgan fingerprint density at radius 3 is 2.33 bits per heavy atom. The normalized spacial score (nSPS) is 12.2. The van der Waals surface area contributed by atoms with Gasteiger partial charge in [0.1, 0.15) is 0 Å². The molecule has 7 heteroatoms. The first-order valence-electron chi connectivity index (χ1n) is 6.15. The lowest BCUT2D eigenvalue weighted by Crippen LogP contribution is -2.48. The Morgan fingerprint density at radius 2 is 1.89 bits per heavy atom. The van der Waals surface area contributed by atoms with Crippen LogP contribution in [0.2, 0.25) is 0 Å². The molecular weight excluding hydrogens is 238 g/mol. The summed E-state index contributed by atoms with van der Waals surface area (Å²) in [6.07, 6.45) is 0.798. The number of aliphatic hydroxyl groups excluding tert-OH is 1. The van der Waals surface area contributed by atoms with E-state index in [4.69, 9.17) is 10.2 Å². The number of hydrogen-bond acceptors (Lipinski definition) is 4. The van der Waals surface area contributed by atoms with Crippen molar-refractivity contribution in [1.29, 1.82) is 0 Å². The van der Waals surface area contributed by atoms with Gasteiger partial charge < -0.3 is 25.7 Å². The molecule has 0 aromatic carbocycles. The molecular formula is C11H23N3O4. The minimum atomic E-state index is -1.26. The molecule has 0 saturated carbocycles. The molecule has 18 heavy (non-hydrogen) atoms. The number of rotatable bonds is 9. The highest BCUT2D eigenvalue weighted by molar-refractivity contribution is 5.82. The number of hydrogen-bond donors (Lipinski definition) is 4. The van der Waals surface area contributed by atoms with Gasteiger partial charge in [-0.25, -0.2) is 9.59 Å². The molecule has 7 nitrogen and oxygen atoms in total. The lowest BCUT2D eigenvalue weighted by atomic mass is 10.3. The summed E-state index contributed by atoms with van der Waals surface area (Å²) in [5, 5.41) is 22.1. The topological polar surface area (TPSA) is 102 Å². The molecule has 0 aromatic rings. The molecule has 0 aliphatic carbocycles. The predicted molar refractivity (Wildman–Crippen MR) is 67.4 cm³/mol. The largest absolute Gasteiger partial charge is 0.480 e. The molecule has 2 amide bonds. The molecule has 0 fully saturated rings. The molecule has 0 bridgehead atoms. The molecule has 106 valence electrons. The Labute approximate surface area is 107 Å². The van der Waals surface area contributed by atoms with Crippen LogP contribution in [0.5, 0.6) is 0 Å². The fraction of sp³-hybridized carbons (Fsp3) is 0.818. The van der Waals surface area contributed by atoms with Crippen molar-refractivity contribution in [3.05, 3.63) is 0 Å². The molecule has 0 spiro atoms. The van der Waals surface area contributed by atoms with Crippen LogP contribution >= 0.6 is 0 Å². The number of aliphatic hydroxyl groups is 1. The molecule has 0 radical (unpaired) electrons. The Hall–Kier alpha value is -1.34. The first-order chi connectivity index (χ1) is 8.54. The zero-order valence-corrected chi connectivity index (χ0v) is 11.0. The summed E-state index contributed by atoms with van der Waals surface area (Å²) in [4.78, 5) is 24.1. The SMILES string of the molecule is CCN(CC)CCCNC(=O)N[C@H](CO)C(=O)O. The van der Waals surface area contributed by atoms with Crippen molar-refractivity contribution in [3.8, 4) is 0 Å². The minimum absolute atomic E-state index is 0.472. The van der Waals surface area contributed by atoms with Gasteiger partial charge in [-0.2, -0.15) is 0 Å². The van der Waals surface area contributed by atoms with Gasteiger partial charge in [-0.3, -0.25) is 0 Å². The number of carboxylic acid groups (broad SMARTS) is 1. The number of nitrogens with one attached hydrogen (secondary N) is 2. The smallest absolute Gasteiger partial charge is 0.328 e. The van der Waals surface area contributed by atoms with Crippen LogP contribution in [0.1, 0.15) is 20.3 Å². The van der Waals surface area contributed by atoms with E-state index < -0.39 is 24.6 Å². The van der Waals surface area contributed by atoms with E-state index in [1.54, 1.807) is 0 Å². The van der Waals surface area contributed by atoms with Gasteiger partial charge in [-0.1, -0.05) is 13.8 Å². The summed E-state index contributed by atoms with van der Waals surface area (Å²) in [5.74, 6) is -1.25. The number of carboxylic acids is 1. The molecule has 0 aliphatic rings. The van der Waals surface area contributed by atoms with Crippen molar-refractivity contribution in [2.75, 3.05) is 32.8 Å².